The van der Waals surface area contributed by atoms with Gasteiger partial charge in [-0.05, 0) is 30.7 Å². The van der Waals surface area contributed by atoms with Crippen LogP contribution in [0.1, 0.15) is 47.2 Å². The smallest absolute Gasteiger partial charge is 0.274 e. The Morgan fingerprint density at radius 1 is 1.00 bits per heavy atom. The van der Waals surface area contributed by atoms with Crippen LogP contribution in [0, 0.1) is 5.82 Å². The molecular formula is C18H20FN3O2. The number of hydrogen-bond donors (Lipinski definition) is 2. The third-order valence-corrected chi connectivity index (χ3v) is 3.40. The monoisotopic (exact) mass is 329 g/mol. The summed E-state index contributed by atoms with van der Waals surface area (Å²) in [5, 5.41) is 5.21. The molecule has 126 valence electrons. The first-order valence-electron chi connectivity index (χ1n) is 7.93. The number of carbonyl (C=O) groups excluding carboxylic acids is 2. The van der Waals surface area contributed by atoms with E-state index in [1.165, 1.54) is 30.3 Å². The number of halogens is 1. The van der Waals surface area contributed by atoms with Crippen LogP contribution in [0.2, 0.25) is 0 Å². The summed E-state index contributed by atoms with van der Waals surface area (Å²) in [6.07, 6.45) is 3.01. The third kappa shape index (κ3) is 4.87. The van der Waals surface area contributed by atoms with Gasteiger partial charge in [0.2, 0.25) is 0 Å². The minimum absolute atomic E-state index is 0.0551. The molecule has 0 bridgehead atoms. The fourth-order valence-electron chi connectivity index (χ4n) is 2.10. The summed E-state index contributed by atoms with van der Waals surface area (Å²) in [6.45, 7) is 2.65. The lowest BCUT2D eigenvalue weighted by atomic mass is 10.2. The minimum atomic E-state index is -0.569. The first-order chi connectivity index (χ1) is 11.6. The van der Waals surface area contributed by atoms with E-state index in [-0.39, 0.29) is 23.0 Å². The van der Waals surface area contributed by atoms with Gasteiger partial charge in [0, 0.05) is 6.54 Å². The number of benzene rings is 1. The zero-order valence-corrected chi connectivity index (χ0v) is 13.5. The predicted octanol–water partition coefficient (Wildman–Crippen LogP) is 3.39. The highest BCUT2D eigenvalue weighted by Gasteiger charge is 2.13. The molecule has 2 N–H and O–H groups in total. The van der Waals surface area contributed by atoms with Gasteiger partial charge < -0.3 is 10.6 Å². The minimum Gasteiger partial charge on any atom is -0.351 e. The van der Waals surface area contributed by atoms with Gasteiger partial charge in [-0.3, -0.25) is 9.59 Å². The molecule has 0 atom stereocenters. The lowest BCUT2D eigenvalue weighted by Crippen LogP contribution is -2.26. The largest absolute Gasteiger partial charge is 0.351 e. The Bertz CT molecular complexity index is 719. The molecule has 0 aliphatic rings. The summed E-state index contributed by atoms with van der Waals surface area (Å²) in [7, 11) is 0. The zero-order chi connectivity index (χ0) is 17.4. The molecule has 2 amide bonds. The lowest BCUT2D eigenvalue weighted by molar-refractivity contribution is 0.0947. The van der Waals surface area contributed by atoms with Gasteiger partial charge in [0.1, 0.15) is 17.2 Å². The summed E-state index contributed by atoms with van der Waals surface area (Å²) in [5.74, 6) is -1.43. The van der Waals surface area contributed by atoms with Crippen molar-refractivity contribution in [2.45, 2.75) is 26.2 Å². The van der Waals surface area contributed by atoms with E-state index in [0.29, 0.717) is 6.54 Å². The van der Waals surface area contributed by atoms with Crippen molar-refractivity contribution in [3.8, 4) is 0 Å². The number of pyridine rings is 1. The second-order valence-electron chi connectivity index (χ2n) is 5.31. The quantitative estimate of drug-likeness (QED) is 0.765. The van der Waals surface area contributed by atoms with Gasteiger partial charge >= 0.3 is 0 Å². The topological polar surface area (TPSA) is 71.1 Å². The van der Waals surface area contributed by atoms with Crippen molar-refractivity contribution in [1.82, 2.24) is 10.3 Å². The maximum Gasteiger partial charge on any atom is 0.274 e. The van der Waals surface area contributed by atoms with E-state index in [1.807, 2.05) is 0 Å². The highest BCUT2D eigenvalue weighted by atomic mass is 19.1. The molecule has 0 radical (unpaired) electrons. The molecule has 2 aromatic rings. The Labute approximate surface area is 140 Å². The molecule has 1 aromatic carbocycles. The third-order valence-electron chi connectivity index (χ3n) is 3.40. The van der Waals surface area contributed by atoms with Crippen LogP contribution in [0.4, 0.5) is 10.1 Å². The van der Waals surface area contributed by atoms with Crippen LogP contribution in [0.3, 0.4) is 0 Å². The molecular weight excluding hydrogens is 309 g/mol. The van der Waals surface area contributed by atoms with Crippen LogP contribution in [-0.2, 0) is 0 Å². The van der Waals surface area contributed by atoms with Gasteiger partial charge in [-0.2, -0.15) is 0 Å². The number of amides is 2. The normalized spacial score (nSPS) is 10.2. The van der Waals surface area contributed by atoms with E-state index in [2.05, 4.69) is 22.5 Å². The Morgan fingerprint density at radius 2 is 1.71 bits per heavy atom. The summed E-state index contributed by atoms with van der Waals surface area (Å²) in [6, 6.07) is 10.4. The Morgan fingerprint density at radius 3 is 2.42 bits per heavy atom. The van der Waals surface area contributed by atoms with Gasteiger partial charge in [0.05, 0.1) is 5.69 Å². The van der Waals surface area contributed by atoms with Gasteiger partial charge in [0.15, 0.2) is 0 Å². The van der Waals surface area contributed by atoms with E-state index in [4.69, 9.17) is 0 Å². The average Bonchev–Trinajstić information content (AvgIpc) is 2.60. The molecule has 0 unspecified atom stereocenters. The van der Waals surface area contributed by atoms with Gasteiger partial charge in [0.25, 0.3) is 11.8 Å². The Kier molecular flexibility index (Phi) is 6.42. The molecule has 0 aliphatic carbocycles. The molecule has 1 aromatic heterocycles. The van der Waals surface area contributed by atoms with Crippen molar-refractivity contribution in [2.75, 3.05) is 11.9 Å². The summed E-state index contributed by atoms with van der Waals surface area (Å²) >= 11 is 0. The molecule has 1 heterocycles. The van der Waals surface area contributed by atoms with Crippen molar-refractivity contribution >= 4 is 17.5 Å². The first kappa shape index (κ1) is 17.6. The lowest BCUT2D eigenvalue weighted by Gasteiger charge is -2.07. The fraction of sp³-hybridized carbons (Fsp3) is 0.278. The van der Waals surface area contributed by atoms with Gasteiger partial charge in [-0.15, -0.1) is 0 Å². The van der Waals surface area contributed by atoms with Gasteiger partial charge in [-0.25, -0.2) is 9.37 Å². The number of rotatable bonds is 7. The Balaban J connectivity index is 2.02. The molecule has 0 saturated heterocycles. The van der Waals surface area contributed by atoms with Crippen LogP contribution in [0.5, 0.6) is 0 Å². The van der Waals surface area contributed by atoms with Crippen LogP contribution >= 0.6 is 0 Å². The number of para-hydroxylation sites is 1. The van der Waals surface area contributed by atoms with Crippen LogP contribution < -0.4 is 10.6 Å². The second-order valence-corrected chi connectivity index (χ2v) is 5.31. The highest BCUT2D eigenvalue weighted by molar-refractivity contribution is 6.03. The molecule has 0 aliphatic heterocycles. The molecule has 0 fully saturated rings. The average molecular weight is 329 g/mol. The van der Waals surface area contributed by atoms with Crippen molar-refractivity contribution < 1.29 is 14.0 Å². The maximum atomic E-state index is 13.6. The predicted molar refractivity (Wildman–Crippen MR) is 90.4 cm³/mol. The van der Waals surface area contributed by atoms with Crippen molar-refractivity contribution in [1.29, 1.82) is 0 Å². The summed E-state index contributed by atoms with van der Waals surface area (Å²) in [5.41, 5.74) is 0.283. The molecule has 24 heavy (non-hydrogen) atoms. The Hall–Kier alpha value is -2.76. The number of anilines is 1. The van der Waals surface area contributed by atoms with Crippen LogP contribution in [0.15, 0.2) is 42.5 Å². The highest BCUT2D eigenvalue weighted by Crippen LogP contribution is 2.13. The number of nitrogens with zero attached hydrogens (tertiary/aromatic N) is 1. The molecule has 2 rings (SSSR count). The van der Waals surface area contributed by atoms with E-state index >= 15 is 0 Å². The first-order valence-corrected chi connectivity index (χ1v) is 7.93. The SMILES string of the molecule is CCCCCNC(=O)c1cccc(C(=O)Nc2ccccc2F)n1. The molecule has 5 nitrogen and oxygen atoms in total. The van der Waals surface area contributed by atoms with E-state index in [9.17, 15) is 14.0 Å². The second kappa shape index (κ2) is 8.76. The van der Waals surface area contributed by atoms with Gasteiger partial charge in [-0.1, -0.05) is 38.0 Å². The number of aromatic nitrogens is 1. The fourth-order valence-corrected chi connectivity index (χ4v) is 2.10. The standard InChI is InChI=1S/C18H20FN3O2/c1-2-3-6-12-20-17(23)15-10-7-11-16(21-15)18(24)22-14-9-5-4-8-13(14)19/h4-5,7-11H,2-3,6,12H2,1H3,(H,20,23)(H,22,24). The molecule has 0 saturated carbocycles. The molecule has 6 heteroatoms. The van der Waals surface area contributed by atoms with E-state index < -0.39 is 11.7 Å². The maximum absolute atomic E-state index is 13.6. The van der Waals surface area contributed by atoms with Crippen LogP contribution in [-0.4, -0.2) is 23.3 Å². The summed E-state index contributed by atoms with van der Waals surface area (Å²) < 4.78 is 13.6. The van der Waals surface area contributed by atoms with Crippen molar-refractivity contribution in [3.63, 3.8) is 0 Å². The van der Waals surface area contributed by atoms with E-state index in [0.717, 1.165) is 19.3 Å². The summed E-state index contributed by atoms with van der Waals surface area (Å²) in [4.78, 5) is 28.2. The zero-order valence-electron chi connectivity index (χ0n) is 13.5. The number of carbonyl (C=O) groups is 2. The number of unbranched alkanes of at least 4 members (excludes halogenated alkanes) is 2. The van der Waals surface area contributed by atoms with Crippen molar-refractivity contribution in [2.24, 2.45) is 0 Å². The van der Waals surface area contributed by atoms with Crippen LogP contribution in [0.25, 0.3) is 0 Å². The molecule has 0 spiro atoms. The number of nitrogens with one attached hydrogen (secondary N) is 2. The van der Waals surface area contributed by atoms with Crippen molar-refractivity contribution in [3.05, 3.63) is 59.7 Å². The number of hydrogen-bond acceptors (Lipinski definition) is 3. The van der Waals surface area contributed by atoms with E-state index in [1.54, 1.807) is 12.1 Å².